The number of aromatic nitrogens is 2. The molecule has 19 heavy (non-hydrogen) atoms. The molecule has 1 aromatic heterocycles. The number of nitrogens with zero attached hydrogens (tertiary/aromatic N) is 2. The van der Waals surface area contributed by atoms with E-state index < -0.39 is 0 Å². The minimum absolute atomic E-state index is 0.115. The molecule has 0 amide bonds. The smallest absolute Gasteiger partial charge is 0.224 e. The molecule has 2 rings (SSSR count). The number of nitrogens with one attached hydrogen (secondary N) is 2. The maximum atomic E-state index is 5.87. The summed E-state index contributed by atoms with van der Waals surface area (Å²) < 4.78 is 0. The molecule has 0 spiro atoms. The van der Waals surface area contributed by atoms with Crippen LogP contribution in [0.5, 0.6) is 0 Å². The van der Waals surface area contributed by atoms with Crippen LogP contribution < -0.4 is 10.6 Å². The number of halogens is 1. The van der Waals surface area contributed by atoms with E-state index in [0.717, 1.165) is 24.2 Å². The highest BCUT2D eigenvalue weighted by Gasteiger charge is 2.37. The highest BCUT2D eigenvalue weighted by Crippen LogP contribution is 2.30. The lowest BCUT2D eigenvalue weighted by Crippen LogP contribution is -2.60. The van der Waals surface area contributed by atoms with Gasteiger partial charge in [-0.05, 0) is 59.1 Å². The third-order valence-corrected chi connectivity index (χ3v) is 3.66. The molecule has 0 bridgehead atoms. The van der Waals surface area contributed by atoms with Gasteiger partial charge in [0.2, 0.25) is 5.28 Å². The molecular weight excluding hydrogens is 260 g/mol. The Morgan fingerprint density at radius 2 is 1.84 bits per heavy atom. The summed E-state index contributed by atoms with van der Waals surface area (Å²) in [5.41, 5.74) is 1.26. The summed E-state index contributed by atoms with van der Waals surface area (Å²) in [6.45, 7) is 11.0. The molecule has 4 nitrogen and oxygen atoms in total. The van der Waals surface area contributed by atoms with E-state index in [2.05, 4.69) is 48.3 Å². The largest absolute Gasteiger partial charge is 0.367 e. The Morgan fingerprint density at radius 1 is 1.26 bits per heavy atom. The first kappa shape index (κ1) is 14.5. The van der Waals surface area contributed by atoms with Crippen molar-refractivity contribution in [3.05, 3.63) is 17.0 Å². The van der Waals surface area contributed by atoms with Crippen molar-refractivity contribution in [2.24, 2.45) is 0 Å². The molecule has 2 N–H and O–H groups in total. The lowest BCUT2D eigenvalue weighted by atomic mass is 9.79. The second-order valence-corrected chi connectivity index (χ2v) is 7.15. The van der Waals surface area contributed by atoms with E-state index in [4.69, 9.17) is 11.6 Å². The molecule has 1 aliphatic rings. The van der Waals surface area contributed by atoms with Gasteiger partial charge in [0.1, 0.15) is 5.82 Å². The fourth-order valence-corrected chi connectivity index (χ4v) is 3.32. The van der Waals surface area contributed by atoms with E-state index >= 15 is 0 Å². The maximum absolute atomic E-state index is 5.87. The Hall–Kier alpha value is -0.870. The van der Waals surface area contributed by atoms with E-state index in [9.17, 15) is 0 Å². The van der Waals surface area contributed by atoms with Crippen LogP contribution in [0.15, 0.2) is 6.20 Å². The fraction of sp³-hybridized carbons (Fsp3) is 0.714. The van der Waals surface area contributed by atoms with Crippen LogP contribution in [0.2, 0.25) is 5.28 Å². The minimum Gasteiger partial charge on any atom is -0.367 e. The van der Waals surface area contributed by atoms with Crippen LogP contribution in [0, 0.1) is 6.92 Å². The number of anilines is 1. The second kappa shape index (κ2) is 4.91. The van der Waals surface area contributed by atoms with Crippen LogP contribution >= 0.6 is 11.6 Å². The highest BCUT2D eigenvalue weighted by molar-refractivity contribution is 6.28. The van der Waals surface area contributed by atoms with Crippen LogP contribution in [0.1, 0.15) is 46.1 Å². The molecule has 1 aromatic rings. The molecule has 0 atom stereocenters. The standard InChI is InChI=1S/C14H23ClN4/c1-9-8-16-12(15)18-11(9)17-10-6-13(2,3)19-14(4,5)7-10/h8,10,19H,6-7H2,1-5H3,(H,16,17,18). The summed E-state index contributed by atoms with van der Waals surface area (Å²) in [7, 11) is 0. The zero-order chi connectivity index (χ0) is 14.3. The van der Waals surface area contributed by atoms with Gasteiger partial charge in [-0.25, -0.2) is 9.97 Å². The molecule has 0 unspecified atom stereocenters. The van der Waals surface area contributed by atoms with Crippen molar-refractivity contribution in [2.75, 3.05) is 5.32 Å². The van der Waals surface area contributed by atoms with E-state index in [1.165, 1.54) is 0 Å². The maximum Gasteiger partial charge on any atom is 0.224 e. The average Bonchev–Trinajstić information content (AvgIpc) is 2.18. The zero-order valence-corrected chi connectivity index (χ0v) is 13.1. The number of aryl methyl sites for hydroxylation is 1. The summed E-state index contributed by atoms with van der Waals surface area (Å²) in [6.07, 6.45) is 3.87. The second-order valence-electron chi connectivity index (χ2n) is 6.81. The predicted octanol–water partition coefficient (Wildman–Crippen LogP) is 3.16. The Balaban J connectivity index is 2.16. The van der Waals surface area contributed by atoms with Crippen molar-refractivity contribution in [1.29, 1.82) is 0 Å². The molecule has 0 saturated carbocycles. The quantitative estimate of drug-likeness (QED) is 0.818. The summed E-state index contributed by atoms with van der Waals surface area (Å²) >= 11 is 5.87. The molecule has 0 aromatic carbocycles. The lowest BCUT2D eigenvalue weighted by molar-refractivity contribution is 0.170. The van der Waals surface area contributed by atoms with Crippen LogP contribution in [-0.4, -0.2) is 27.1 Å². The van der Waals surface area contributed by atoms with Crippen molar-refractivity contribution in [2.45, 2.75) is 64.6 Å². The Kier molecular flexibility index (Phi) is 3.76. The van der Waals surface area contributed by atoms with Gasteiger partial charge in [-0.1, -0.05) is 0 Å². The van der Waals surface area contributed by atoms with E-state index in [0.29, 0.717) is 11.3 Å². The average molecular weight is 283 g/mol. The van der Waals surface area contributed by atoms with Crippen molar-refractivity contribution in [1.82, 2.24) is 15.3 Å². The van der Waals surface area contributed by atoms with Crippen molar-refractivity contribution < 1.29 is 0 Å². The SMILES string of the molecule is Cc1cnc(Cl)nc1NC1CC(C)(C)NC(C)(C)C1. The molecule has 0 radical (unpaired) electrons. The summed E-state index contributed by atoms with van der Waals surface area (Å²) in [4.78, 5) is 8.28. The van der Waals surface area contributed by atoms with Crippen LogP contribution in [-0.2, 0) is 0 Å². The Bertz CT molecular complexity index is 455. The van der Waals surface area contributed by atoms with Gasteiger partial charge in [0, 0.05) is 28.9 Å². The van der Waals surface area contributed by atoms with Crippen LogP contribution in [0.3, 0.4) is 0 Å². The number of rotatable bonds is 2. The molecule has 1 saturated heterocycles. The minimum atomic E-state index is 0.115. The zero-order valence-electron chi connectivity index (χ0n) is 12.3. The third-order valence-electron chi connectivity index (χ3n) is 3.47. The van der Waals surface area contributed by atoms with Gasteiger partial charge in [0.05, 0.1) is 0 Å². The van der Waals surface area contributed by atoms with Crippen molar-refractivity contribution in [3.63, 3.8) is 0 Å². The summed E-state index contributed by atoms with van der Waals surface area (Å²) in [6, 6.07) is 0.385. The highest BCUT2D eigenvalue weighted by atomic mass is 35.5. The van der Waals surface area contributed by atoms with Gasteiger partial charge in [-0.15, -0.1) is 0 Å². The van der Waals surface area contributed by atoms with Crippen LogP contribution in [0.25, 0.3) is 0 Å². The molecule has 1 fully saturated rings. The van der Waals surface area contributed by atoms with Gasteiger partial charge < -0.3 is 10.6 Å². The Morgan fingerprint density at radius 3 is 2.42 bits per heavy atom. The van der Waals surface area contributed by atoms with Gasteiger partial charge in [-0.3, -0.25) is 0 Å². The normalized spacial score (nSPS) is 22.2. The van der Waals surface area contributed by atoms with Crippen LogP contribution in [0.4, 0.5) is 5.82 Å². The van der Waals surface area contributed by atoms with Gasteiger partial charge in [0.25, 0.3) is 0 Å². The van der Waals surface area contributed by atoms with E-state index in [1.54, 1.807) is 6.20 Å². The van der Waals surface area contributed by atoms with Gasteiger partial charge in [-0.2, -0.15) is 0 Å². The molecule has 1 aliphatic heterocycles. The molecule has 106 valence electrons. The first-order valence-corrected chi connectivity index (χ1v) is 7.10. The molecule has 5 heteroatoms. The van der Waals surface area contributed by atoms with Gasteiger partial charge in [0.15, 0.2) is 0 Å². The number of hydrogen-bond donors (Lipinski definition) is 2. The Labute approximate surface area is 120 Å². The van der Waals surface area contributed by atoms with Crippen molar-refractivity contribution >= 4 is 17.4 Å². The first-order chi connectivity index (χ1) is 8.67. The van der Waals surface area contributed by atoms with E-state index in [-0.39, 0.29) is 11.1 Å². The fourth-order valence-electron chi connectivity index (χ4n) is 3.18. The monoisotopic (exact) mass is 282 g/mol. The first-order valence-electron chi connectivity index (χ1n) is 6.72. The summed E-state index contributed by atoms with van der Waals surface area (Å²) in [5, 5.41) is 7.49. The number of piperidine rings is 1. The molecule has 0 aliphatic carbocycles. The van der Waals surface area contributed by atoms with Crippen molar-refractivity contribution in [3.8, 4) is 0 Å². The lowest BCUT2D eigenvalue weighted by Gasteiger charge is -2.46. The molecular formula is C14H23ClN4. The number of hydrogen-bond acceptors (Lipinski definition) is 4. The molecule has 2 heterocycles. The summed E-state index contributed by atoms with van der Waals surface area (Å²) in [5.74, 6) is 0.846. The predicted molar refractivity (Wildman–Crippen MR) is 79.7 cm³/mol. The van der Waals surface area contributed by atoms with E-state index in [1.807, 2.05) is 6.92 Å². The van der Waals surface area contributed by atoms with Gasteiger partial charge >= 0.3 is 0 Å². The third kappa shape index (κ3) is 3.80. The topological polar surface area (TPSA) is 49.8 Å².